The van der Waals surface area contributed by atoms with E-state index in [-0.39, 0.29) is 0 Å². The van der Waals surface area contributed by atoms with E-state index in [2.05, 4.69) is 98.8 Å². The summed E-state index contributed by atoms with van der Waals surface area (Å²) in [4.78, 5) is 15.5. The molecule has 232 valence electrons. The zero-order chi connectivity index (χ0) is 28.9. The first-order chi connectivity index (χ1) is 18.5. The first-order valence-electron chi connectivity index (χ1n) is 16.9. The average Bonchev–Trinajstić information content (AvgIpc) is 3.46. The Labute approximate surface area is 245 Å². The first kappa shape index (κ1) is 35.0. The van der Waals surface area contributed by atoms with Crippen LogP contribution in [0.25, 0.3) is 0 Å². The minimum absolute atomic E-state index is 0.703. The van der Waals surface area contributed by atoms with Gasteiger partial charge < -0.3 is 14.7 Å². The smallest absolute Gasteiger partial charge is 0.0195 e. The van der Waals surface area contributed by atoms with Gasteiger partial charge in [-0.3, -0.25) is 14.7 Å². The number of hydrogen-bond acceptors (Lipinski definition) is 6. The summed E-state index contributed by atoms with van der Waals surface area (Å²) < 4.78 is 0. The van der Waals surface area contributed by atoms with Gasteiger partial charge in [0.1, 0.15) is 0 Å². The summed E-state index contributed by atoms with van der Waals surface area (Å²) in [6.07, 6.45) is 6.91. The Morgan fingerprint density at radius 1 is 0.590 bits per heavy atom. The van der Waals surface area contributed by atoms with Gasteiger partial charge in [0, 0.05) is 82.6 Å². The van der Waals surface area contributed by atoms with Gasteiger partial charge in [-0.15, -0.1) is 0 Å². The monoisotopic (exact) mass is 551 g/mol. The molecule has 4 aliphatic heterocycles. The molecule has 39 heavy (non-hydrogen) atoms. The molecule has 0 bridgehead atoms. The summed E-state index contributed by atoms with van der Waals surface area (Å²) in [6, 6.07) is 3.72. The Morgan fingerprint density at radius 2 is 1.08 bits per heavy atom. The van der Waals surface area contributed by atoms with Crippen molar-refractivity contribution in [2.75, 3.05) is 85.6 Å². The van der Waals surface area contributed by atoms with Crippen LogP contribution in [0.5, 0.6) is 0 Å². The second-order valence-electron chi connectivity index (χ2n) is 13.9. The normalized spacial score (nSPS) is 26.5. The maximum absolute atomic E-state index is 2.74. The third-order valence-electron chi connectivity index (χ3n) is 10.0. The highest BCUT2D eigenvalue weighted by molar-refractivity contribution is 4.84. The van der Waals surface area contributed by atoms with Crippen molar-refractivity contribution in [3.63, 3.8) is 0 Å². The summed E-state index contributed by atoms with van der Waals surface area (Å²) in [5, 5.41) is 0. The van der Waals surface area contributed by atoms with Crippen LogP contribution in [0, 0.1) is 5.92 Å². The Balaban J connectivity index is 0.000000234. The number of nitrogens with zero attached hydrogens (tertiary/aromatic N) is 6. The maximum Gasteiger partial charge on any atom is 0.0195 e. The molecule has 0 amide bonds. The van der Waals surface area contributed by atoms with Crippen LogP contribution in [0.3, 0.4) is 0 Å². The molecule has 6 heteroatoms. The predicted octanol–water partition coefficient (Wildman–Crippen LogP) is 5.04. The topological polar surface area (TPSA) is 19.4 Å². The number of piperidine rings is 1. The molecule has 6 nitrogen and oxygen atoms in total. The zero-order valence-electron chi connectivity index (χ0n) is 28.2. The van der Waals surface area contributed by atoms with Gasteiger partial charge in [0.15, 0.2) is 0 Å². The quantitative estimate of drug-likeness (QED) is 0.439. The molecule has 0 aromatic rings. The van der Waals surface area contributed by atoms with E-state index in [0.717, 1.165) is 30.1 Å². The van der Waals surface area contributed by atoms with Crippen LogP contribution in [-0.2, 0) is 0 Å². The molecule has 0 aromatic carbocycles. The molecule has 0 saturated carbocycles. The molecule has 4 fully saturated rings. The molecule has 2 atom stereocenters. The lowest BCUT2D eigenvalue weighted by Gasteiger charge is -2.44. The molecule has 4 saturated heterocycles. The van der Waals surface area contributed by atoms with E-state index in [1.54, 1.807) is 0 Å². The summed E-state index contributed by atoms with van der Waals surface area (Å²) in [7, 11) is 2.20. The lowest BCUT2D eigenvalue weighted by atomic mass is 9.94. The second-order valence-corrected chi connectivity index (χ2v) is 13.9. The molecule has 0 spiro atoms. The van der Waals surface area contributed by atoms with Crippen molar-refractivity contribution in [1.82, 2.24) is 29.4 Å². The second kappa shape index (κ2) is 18.3. The van der Waals surface area contributed by atoms with Crippen LogP contribution < -0.4 is 0 Å². The van der Waals surface area contributed by atoms with E-state index >= 15 is 0 Å². The standard InChI is InChI=1S/C17H35N3.C9H20N2.C7H15N/c1-14(2)18-8-6-17(7-9-18)13-20-11-10-19(15(3)4)12-16(20)5;1-4-9(2)11-7-5-10(3)6-8-11;1-7(2)8-5-3-4-6-8/h14-17H,6-13H2,1-5H3;9H,4-8H2,1-3H3;7H,3-6H2,1-2H3. The molecule has 0 radical (unpaired) electrons. The van der Waals surface area contributed by atoms with Gasteiger partial charge in [0.05, 0.1) is 0 Å². The van der Waals surface area contributed by atoms with Crippen molar-refractivity contribution in [2.24, 2.45) is 5.92 Å². The van der Waals surface area contributed by atoms with Crippen molar-refractivity contribution < 1.29 is 0 Å². The van der Waals surface area contributed by atoms with E-state index in [1.807, 2.05) is 0 Å². The van der Waals surface area contributed by atoms with Crippen molar-refractivity contribution in [1.29, 1.82) is 0 Å². The minimum Gasteiger partial charge on any atom is -0.304 e. The summed E-state index contributed by atoms with van der Waals surface area (Å²) >= 11 is 0. The summed E-state index contributed by atoms with van der Waals surface area (Å²) in [5.41, 5.74) is 0. The minimum atomic E-state index is 0.703. The van der Waals surface area contributed by atoms with Gasteiger partial charge in [0.25, 0.3) is 0 Å². The fraction of sp³-hybridized carbons (Fsp3) is 1.00. The molecular formula is C33H70N6. The van der Waals surface area contributed by atoms with Gasteiger partial charge in [-0.25, -0.2) is 0 Å². The van der Waals surface area contributed by atoms with E-state index < -0.39 is 0 Å². The molecule has 2 unspecified atom stereocenters. The lowest BCUT2D eigenvalue weighted by Crippen LogP contribution is -2.55. The van der Waals surface area contributed by atoms with Gasteiger partial charge in [-0.1, -0.05) is 6.92 Å². The number of likely N-dealkylation sites (N-methyl/N-ethyl adjacent to an activating group) is 1. The van der Waals surface area contributed by atoms with Crippen molar-refractivity contribution in [2.45, 2.75) is 125 Å². The maximum atomic E-state index is 2.74. The Morgan fingerprint density at radius 3 is 1.51 bits per heavy atom. The van der Waals surface area contributed by atoms with Crippen molar-refractivity contribution in [3.8, 4) is 0 Å². The molecule has 0 N–H and O–H groups in total. The van der Waals surface area contributed by atoms with Crippen molar-refractivity contribution >= 4 is 0 Å². The van der Waals surface area contributed by atoms with Crippen LogP contribution >= 0.6 is 0 Å². The van der Waals surface area contributed by atoms with Crippen LogP contribution in [0.15, 0.2) is 0 Å². The van der Waals surface area contributed by atoms with Gasteiger partial charge in [0.2, 0.25) is 0 Å². The highest BCUT2D eigenvalue weighted by atomic mass is 15.3. The molecule has 4 aliphatic rings. The van der Waals surface area contributed by atoms with Gasteiger partial charge >= 0.3 is 0 Å². The Hall–Kier alpha value is -0.240. The van der Waals surface area contributed by atoms with Crippen molar-refractivity contribution in [3.05, 3.63) is 0 Å². The Kier molecular flexibility index (Phi) is 16.4. The highest BCUT2D eigenvalue weighted by Crippen LogP contribution is 2.22. The lowest BCUT2D eigenvalue weighted by molar-refractivity contribution is 0.0409. The average molecular weight is 551 g/mol. The molecule has 4 heterocycles. The number of hydrogen-bond donors (Lipinski definition) is 0. The summed E-state index contributed by atoms with van der Waals surface area (Å²) in [5.74, 6) is 0.929. The largest absolute Gasteiger partial charge is 0.304 e. The SMILES string of the molecule is CC(C)N1CCC(CN2CCN(C(C)C)CC2C)CC1.CC(C)N1CCCC1.CCC(C)N1CCN(C)CC1. The van der Waals surface area contributed by atoms with Crippen LogP contribution in [-0.4, -0.2) is 145 Å². The predicted molar refractivity (Wildman–Crippen MR) is 172 cm³/mol. The highest BCUT2D eigenvalue weighted by Gasteiger charge is 2.28. The summed E-state index contributed by atoms with van der Waals surface area (Å²) in [6.45, 7) is 36.2. The van der Waals surface area contributed by atoms with Crippen LogP contribution in [0.4, 0.5) is 0 Å². The Bertz CT molecular complexity index is 603. The first-order valence-corrected chi connectivity index (χ1v) is 16.9. The van der Waals surface area contributed by atoms with E-state index in [9.17, 15) is 0 Å². The zero-order valence-corrected chi connectivity index (χ0v) is 28.2. The fourth-order valence-electron chi connectivity index (χ4n) is 6.53. The number of piperazine rings is 2. The van der Waals surface area contributed by atoms with E-state index in [4.69, 9.17) is 0 Å². The van der Waals surface area contributed by atoms with E-state index in [1.165, 1.54) is 111 Å². The van der Waals surface area contributed by atoms with Gasteiger partial charge in [-0.2, -0.15) is 0 Å². The van der Waals surface area contributed by atoms with E-state index in [0.29, 0.717) is 6.04 Å². The van der Waals surface area contributed by atoms with Crippen LogP contribution in [0.1, 0.15) is 94.4 Å². The molecular weight excluding hydrogens is 480 g/mol. The third-order valence-corrected chi connectivity index (χ3v) is 10.0. The number of likely N-dealkylation sites (tertiary alicyclic amines) is 2. The molecule has 4 rings (SSSR count). The number of rotatable bonds is 7. The third kappa shape index (κ3) is 12.7. The molecule has 0 aliphatic carbocycles. The fourth-order valence-corrected chi connectivity index (χ4v) is 6.53. The van der Waals surface area contributed by atoms with Gasteiger partial charge in [-0.05, 0) is 127 Å². The molecule has 0 aromatic heterocycles. The van der Waals surface area contributed by atoms with Crippen LogP contribution in [0.2, 0.25) is 0 Å².